The average molecular weight is 371 g/mol. The molecule has 4 nitrogen and oxygen atoms in total. The Balaban J connectivity index is 2.14. The molecule has 0 heterocycles. The Morgan fingerprint density at radius 1 is 1.08 bits per heavy atom. The molecule has 0 aromatic heterocycles. The third-order valence-electron chi connectivity index (χ3n) is 4.23. The number of nitrogens with zero attached hydrogens (tertiary/aromatic N) is 1. The lowest BCUT2D eigenvalue weighted by Crippen LogP contribution is -2.48. The molecule has 0 aliphatic rings. The number of amides is 2. The Labute approximate surface area is 160 Å². The first-order chi connectivity index (χ1) is 12.5. The van der Waals surface area contributed by atoms with Crippen molar-refractivity contribution >= 4 is 23.6 Å². The predicted molar refractivity (Wildman–Crippen MR) is 107 cm³/mol. The summed E-state index contributed by atoms with van der Waals surface area (Å²) in [6, 6.07) is 17.3. The zero-order valence-corrected chi connectivity index (χ0v) is 16.4. The van der Waals surface area contributed by atoms with Gasteiger partial charge >= 0.3 is 0 Å². The Morgan fingerprint density at radius 3 is 2.38 bits per heavy atom. The van der Waals surface area contributed by atoms with Crippen LogP contribution in [0.15, 0.2) is 59.5 Å². The summed E-state index contributed by atoms with van der Waals surface area (Å²) >= 11 is 1.49. The Bertz CT molecular complexity index is 734. The van der Waals surface area contributed by atoms with Gasteiger partial charge in [-0.15, -0.1) is 11.8 Å². The van der Waals surface area contributed by atoms with Gasteiger partial charge in [-0.2, -0.15) is 0 Å². The number of aryl methyl sites for hydroxylation is 1. The molecule has 1 N–H and O–H groups in total. The van der Waals surface area contributed by atoms with E-state index in [1.54, 1.807) is 11.8 Å². The molecule has 0 saturated heterocycles. The highest BCUT2D eigenvalue weighted by molar-refractivity contribution is 8.00. The van der Waals surface area contributed by atoms with Crippen LogP contribution in [-0.4, -0.2) is 35.1 Å². The predicted octanol–water partition coefficient (Wildman–Crippen LogP) is 3.64. The molecule has 0 aliphatic heterocycles. The maximum absolute atomic E-state index is 12.9. The zero-order valence-electron chi connectivity index (χ0n) is 15.6. The van der Waals surface area contributed by atoms with Gasteiger partial charge in [-0.05, 0) is 44.0 Å². The van der Waals surface area contributed by atoms with E-state index in [1.807, 2.05) is 68.4 Å². The average Bonchev–Trinajstić information content (AvgIpc) is 2.66. The Hall–Kier alpha value is -2.27. The van der Waals surface area contributed by atoms with E-state index < -0.39 is 6.04 Å². The molecule has 138 valence electrons. The molecule has 0 unspecified atom stereocenters. The highest BCUT2D eigenvalue weighted by atomic mass is 32.2. The van der Waals surface area contributed by atoms with Gasteiger partial charge in [0.25, 0.3) is 0 Å². The van der Waals surface area contributed by atoms with E-state index >= 15 is 0 Å². The molecular formula is C21H26N2O2S. The number of hydrogen-bond acceptors (Lipinski definition) is 3. The van der Waals surface area contributed by atoms with Crippen LogP contribution in [0, 0.1) is 6.92 Å². The van der Waals surface area contributed by atoms with E-state index in [-0.39, 0.29) is 11.8 Å². The van der Waals surface area contributed by atoms with Crippen molar-refractivity contribution in [2.24, 2.45) is 0 Å². The van der Waals surface area contributed by atoms with Gasteiger partial charge in [-0.25, -0.2) is 0 Å². The number of nitrogens with one attached hydrogen (secondary N) is 1. The Morgan fingerprint density at radius 2 is 1.73 bits per heavy atom. The summed E-state index contributed by atoms with van der Waals surface area (Å²) in [5.41, 5.74) is 2.17. The fourth-order valence-electron chi connectivity index (χ4n) is 2.62. The molecule has 2 aromatic carbocycles. The van der Waals surface area contributed by atoms with Crippen LogP contribution in [0.4, 0.5) is 0 Å². The fraction of sp³-hybridized carbons (Fsp3) is 0.333. The van der Waals surface area contributed by atoms with E-state index in [1.165, 1.54) is 11.8 Å². The summed E-state index contributed by atoms with van der Waals surface area (Å²) in [5, 5.41) is 2.82. The molecule has 2 amide bonds. The third-order valence-corrected chi connectivity index (χ3v) is 5.22. The SMILES string of the molecule is CCNC(=O)[C@H](C)N(Cc1ccccc1C)C(=O)CSc1ccccc1. The Kier molecular flexibility index (Phi) is 7.73. The smallest absolute Gasteiger partial charge is 0.242 e. The second kappa shape index (κ2) is 10.0. The van der Waals surface area contributed by atoms with Crippen molar-refractivity contribution in [3.05, 3.63) is 65.7 Å². The van der Waals surface area contributed by atoms with Crippen LogP contribution in [-0.2, 0) is 16.1 Å². The van der Waals surface area contributed by atoms with Crippen LogP contribution in [0.5, 0.6) is 0 Å². The number of likely N-dealkylation sites (N-methyl/N-ethyl adjacent to an activating group) is 1. The quantitative estimate of drug-likeness (QED) is 0.722. The van der Waals surface area contributed by atoms with Gasteiger partial charge in [0.15, 0.2) is 0 Å². The largest absolute Gasteiger partial charge is 0.355 e. The minimum absolute atomic E-state index is 0.0409. The van der Waals surface area contributed by atoms with Crippen molar-refractivity contribution in [2.75, 3.05) is 12.3 Å². The van der Waals surface area contributed by atoms with E-state index in [9.17, 15) is 9.59 Å². The topological polar surface area (TPSA) is 49.4 Å². The van der Waals surface area contributed by atoms with Crippen LogP contribution < -0.4 is 5.32 Å². The maximum Gasteiger partial charge on any atom is 0.242 e. The lowest BCUT2D eigenvalue weighted by Gasteiger charge is -2.29. The van der Waals surface area contributed by atoms with Crippen molar-refractivity contribution < 1.29 is 9.59 Å². The summed E-state index contributed by atoms with van der Waals surface area (Å²) in [6.07, 6.45) is 0. The monoisotopic (exact) mass is 370 g/mol. The normalized spacial score (nSPS) is 11.7. The second-order valence-corrected chi connectivity index (χ2v) is 7.17. The van der Waals surface area contributed by atoms with Crippen LogP contribution in [0.2, 0.25) is 0 Å². The first-order valence-corrected chi connectivity index (χ1v) is 9.81. The third kappa shape index (κ3) is 5.63. The molecular weight excluding hydrogens is 344 g/mol. The molecule has 0 fully saturated rings. The van der Waals surface area contributed by atoms with Crippen molar-refractivity contribution in [1.29, 1.82) is 0 Å². The highest BCUT2D eigenvalue weighted by Crippen LogP contribution is 2.20. The molecule has 0 saturated carbocycles. The van der Waals surface area contributed by atoms with Crippen LogP contribution in [0.25, 0.3) is 0 Å². The molecule has 1 atom stereocenters. The summed E-state index contributed by atoms with van der Waals surface area (Å²) in [4.78, 5) is 27.9. The van der Waals surface area contributed by atoms with E-state index in [0.29, 0.717) is 18.8 Å². The molecule has 2 aromatic rings. The summed E-state index contributed by atoms with van der Waals surface area (Å²) in [7, 11) is 0. The van der Waals surface area contributed by atoms with Crippen molar-refractivity contribution in [3.63, 3.8) is 0 Å². The van der Waals surface area contributed by atoms with Gasteiger partial charge in [-0.1, -0.05) is 42.5 Å². The van der Waals surface area contributed by atoms with E-state index in [4.69, 9.17) is 0 Å². The summed E-state index contributed by atoms with van der Waals surface area (Å²) in [5.74, 6) is 0.139. The number of carbonyl (C=O) groups excluding carboxylic acids is 2. The van der Waals surface area contributed by atoms with Gasteiger partial charge in [-0.3, -0.25) is 9.59 Å². The molecule has 0 aliphatic carbocycles. The van der Waals surface area contributed by atoms with Crippen molar-refractivity contribution in [2.45, 2.75) is 38.3 Å². The van der Waals surface area contributed by atoms with Gasteiger partial charge < -0.3 is 10.2 Å². The van der Waals surface area contributed by atoms with Gasteiger partial charge in [0.2, 0.25) is 11.8 Å². The second-order valence-electron chi connectivity index (χ2n) is 6.12. The van der Waals surface area contributed by atoms with Gasteiger partial charge in [0, 0.05) is 18.0 Å². The van der Waals surface area contributed by atoms with Crippen LogP contribution in [0.3, 0.4) is 0 Å². The fourth-order valence-corrected chi connectivity index (χ4v) is 3.43. The molecule has 0 spiro atoms. The highest BCUT2D eigenvalue weighted by Gasteiger charge is 2.26. The summed E-state index contributed by atoms with van der Waals surface area (Å²) in [6.45, 7) is 6.67. The van der Waals surface area contributed by atoms with Gasteiger partial charge in [0.05, 0.1) is 5.75 Å². The summed E-state index contributed by atoms with van der Waals surface area (Å²) < 4.78 is 0. The minimum atomic E-state index is -0.515. The number of rotatable bonds is 8. The maximum atomic E-state index is 12.9. The number of carbonyl (C=O) groups is 2. The van der Waals surface area contributed by atoms with Crippen molar-refractivity contribution in [3.8, 4) is 0 Å². The van der Waals surface area contributed by atoms with E-state index in [2.05, 4.69) is 5.32 Å². The van der Waals surface area contributed by atoms with Crippen LogP contribution in [0.1, 0.15) is 25.0 Å². The first-order valence-electron chi connectivity index (χ1n) is 8.82. The lowest BCUT2D eigenvalue weighted by molar-refractivity contribution is -0.138. The van der Waals surface area contributed by atoms with E-state index in [0.717, 1.165) is 16.0 Å². The first kappa shape index (κ1) is 20.0. The number of hydrogen-bond donors (Lipinski definition) is 1. The number of thioether (sulfide) groups is 1. The van der Waals surface area contributed by atoms with Gasteiger partial charge in [0.1, 0.15) is 6.04 Å². The molecule has 26 heavy (non-hydrogen) atoms. The standard InChI is InChI=1S/C21H26N2O2S/c1-4-22-21(25)17(3)23(14-18-11-9-8-10-16(18)2)20(24)15-26-19-12-6-5-7-13-19/h5-13,17H,4,14-15H2,1-3H3,(H,22,25)/t17-/m0/s1. The lowest BCUT2D eigenvalue weighted by atomic mass is 10.1. The van der Waals surface area contributed by atoms with Crippen LogP contribution >= 0.6 is 11.8 Å². The zero-order chi connectivity index (χ0) is 18.9. The number of benzene rings is 2. The molecule has 5 heteroatoms. The molecule has 0 bridgehead atoms. The van der Waals surface area contributed by atoms with Crippen molar-refractivity contribution in [1.82, 2.24) is 10.2 Å². The molecule has 2 rings (SSSR count). The minimum Gasteiger partial charge on any atom is -0.355 e. The molecule has 0 radical (unpaired) electrons.